The van der Waals surface area contributed by atoms with Crippen LogP contribution in [0.15, 0.2) is 6.33 Å². The van der Waals surface area contributed by atoms with Gasteiger partial charge in [0.1, 0.15) is 11.9 Å². The molecule has 0 aromatic carbocycles. The van der Waals surface area contributed by atoms with E-state index < -0.39 is 11.4 Å². The predicted octanol–water partition coefficient (Wildman–Crippen LogP) is 2.72. The lowest BCUT2D eigenvalue weighted by atomic mass is 9.79. The molecule has 23 heavy (non-hydrogen) atoms. The Bertz CT molecular complexity index is 628. The zero-order valence-corrected chi connectivity index (χ0v) is 14.2. The van der Waals surface area contributed by atoms with Crippen molar-refractivity contribution < 1.29 is 13.9 Å². The average molecular weight is 343 g/mol. The van der Waals surface area contributed by atoms with Gasteiger partial charge in [0.05, 0.1) is 0 Å². The zero-order chi connectivity index (χ0) is 16.8. The molecular formula is C15H20ClFN4O2. The van der Waals surface area contributed by atoms with Crippen molar-refractivity contribution in [3.8, 4) is 0 Å². The third-order valence-electron chi connectivity index (χ3n) is 4.17. The van der Waals surface area contributed by atoms with Crippen molar-refractivity contribution in [1.82, 2.24) is 14.9 Å². The first kappa shape index (κ1) is 16.2. The van der Waals surface area contributed by atoms with Gasteiger partial charge in [0.25, 0.3) is 0 Å². The van der Waals surface area contributed by atoms with E-state index in [4.69, 9.17) is 16.3 Å². The van der Waals surface area contributed by atoms with Crippen LogP contribution >= 0.6 is 11.6 Å². The summed E-state index contributed by atoms with van der Waals surface area (Å²) in [5.74, 6) is -0.355. The fourth-order valence-electron chi connectivity index (χ4n) is 3.15. The number of aromatic nitrogens is 2. The molecule has 0 aliphatic carbocycles. The SMILES string of the molecule is CC(C)(C)OC(=O)N1CC2(CCN(c3ncnc(Cl)c3F)C2)C1. The molecular weight excluding hydrogens is 323 g/mol. The smallest absolute Gasteiger partial charge is 0.410 e. The molecule has 8 heteroatoms. The van der Waals surface area contributed by atoms with E-state index in [0.29, 0.717) is 26.2 Å². The highest BCUT2D eigenvalue weighted by Gasteiger charge is 2.50. The van der Waals surface area contributed by atoms with Gasteiger partial charge in [0, 0.05) is 31.6 Å². The molecule has 0 unspecified atom stereocenters. The van der Waals surface area contributed by atoms with Crippen LogP contribution in [-0.2, 0) is 4.74 Å². The molecule has 0 saturated carbocycles. The Labute approximate surface area is 139 Å². The number of hydrogen-bond donors (Lipinski definition) is 0. The maximum atomic E-state index is 14.0. The average Bonchev–Trinajstić information content (AvgIpc) is 2.83. The van der Waals surface area contributed by atoms with E-state index in [1.807, 2.05) is 25.7 Å². The van der Waals surface area contributed by atoms with Crippen LogP contribution in [-0.4, -0.2) is 52.7 Å². The highest BCUT2D eigenvalue weighted by atomic mass is 35.5. The zero-order valence-electron chi connectivity index (χ0n) is 13.5. The van der Waals surface area contributed by atoms with Crippen LogP contribution in [0.5, 0.6) is 0 Å². The Hall–Kier alpha value is -1.63. The van der Waals surface area contributed by atoms with E-state index in [2.05, 4.69) is 9.97 Å². The number of amides is 1. The van der Waals surface area contributed by atoms with E-state index in [1.54, 1.807) is 4.90 Å². The van der Waals surface area contributed by atoms with Crippen LogP contribution in [0.3, 0.4) is 0 Å². The fourth-order valence-corrected chi connectivity index (χ4v) is 3.28. The van der Waals surface area contributed by atoms with Crippen LogP contribution in [0.2, 0.25) is 5.15 Å². The van der Waals surface area contributed by atoms with Crippen LogP contribution in [0.1, 0.15) is 27.2 Å². The third-order valence-corrected chi connectivity index (χ3v) is 4.43. The molecule has 2 aliphatic heterocycles. The number of likely N-dealkylation sites (tertiary alicyclic amines) is 1. The maximum absolute atomic E-state index is 14.0. The van der Waals surface area contributed by atoms with Gasteiger partial charge in [-0.1, -0.05) is 11.6 Å². The number of halogens is 2. The van der Waals surface area contributed by atoms with Crippen molar-refractivity contribution >= 4 is 23.5 Å². The summed E-state index contributed by atoms with van der Waals surface area (Å²) in [7, 11) is 0. The standard InChI is InChI=1S/C15H20ClFN4O2/c1-14(2,3)23-13(22)21-7-15(8-21)4-5-20(6-15)12-10(17)11(16)18-9-19-12/h9H,4-8H2,1-3H3. The van der Waals surface area contributed by atoms with Gasteiger partial charge in [-0.3, -0.25) is 0 Å². The molecule has 0 atom stereocenters. The molecule has 1 amide bonds. The van der Waals surface area contributed by atoms with Gasteiger partial charge in [-0.2, -0.15) is 4.39 Å². The van der Waals surface area contributed by atoms with Crippen LogP contribution in [0.25, 0.3) is 0 Å². The van der Waals surface area contributed by atoms with E-state index >= 15 is 0 Å². The first-order valence-corrected chi connectivity index (χ1v) is 7.96. The molecule has 1 aromatic heterocycles. The molecule has 0 N–H and O–H groups in total. The monoisotopic (exact) mass is 342 g/mol. The Morgan fingerprint density at radius 3 is 2.70 bits per heavy atom. The van der Waals surface area contributed by atoms with Crippen molar-refractivity contribution in [1.29, 1.82) is 0 Å². The number of rotatable bonds is 1. The van der Waals surface area contributed by atoms with Gasteiger partial charge < -0.3 is 14.5 Å². The second kappa shape index (κ2) is 5.47. The lowest BCUT2D eigenvalue weighted by Crippen LogP contribution is -2.60. The summed E-state index contributed by atoms with van der Waals surface area (Å²) in [6.45, 7) is 8.12. The largest absolute Gasteiger partial charge is 0.444 e. The normalized spacial score (nSPS) is 19.9. The van der Waals surface area contributed by atoms with E-state index in [0.717, 1.165) is 6.42 Å². The van der Waals surface area contributed by atoms with Gasteiger partial charge >= 0.3 is 6.09 Å². The molecule has 1 aromatic rings. The fraction of sp³-hybridized carbons (Fsp3) is 0.667. The molecule has 2 aliphatic rings. The van der Waals surface area contributed by atoms with Crippen LogP contribution < -0.4 is 4.90 Å². The minimum Gasteiger partial charge on any atom is -0.444 e. The van der Waals surface area contributed by atoms with E-state index in [9.17, 15) is 9.18 Å². The number of anilines is 1. The molecule has 126 valence electrons. The van der Waals surface area contributed by atoms with Crippen molar-refractivity contribution in [2.75, 3.05) is 31.1 Å². The highest BCUT2D eigenvalue weighted by molar-refractivity contribution is 6.29. The number of carbonyl (C=O) groups excluding carboxylic acids is 1. The number of hydrogen-bond acceptors (Lipinski definition) is 5. The summed E-state index contributed by atoms with van der Waals surface area (Å²) in [4.78, 5) is 23.2. The first-order chi connectivity index (χ1) is 10.7. The van der Waals surface area contributed by atoms with Crippen LogP contribution in [0, 0.1) is 11.2 Å². The number of nitrogens with zero attached hydrogens (tertiary/aromatic N) is 4. The Kier molecular flexibility index (Phi) is 3.86. The quantitative estimate of drug-likeness (QED) is 0.734. The summed E-state index contributed by atoms with van der Waals surface area (Å²) in [6.07, 6.45) is 1.85. The summed E-state index contributed by atoms with van der Waals surface area (Å²) >= 11 is 5.72. The molecule has 3 rings (SSSR count). The summed E-state index contributed by atoms with van der Waals surface area (Å²) < 4.78 is 19.4. The Morgan fingerprint density at radius 1 is 1.35 bits per heavy atom. The minimum atomic E-state index is -0.588. The predicted molar refractivity (Wildman–Crippen MR) is 84.1 cm³/mol. The van der Waals surface area contributed by atoms with Crippen molar-refractivity contribution in [2.45, 2.75) is 32.8 Å². The number of ether oxygens (including phenoxy) is 1. The lowest BCUT2D eigenvalue weighted by Gasteiger charge is -2.47. The summed E-state index contributed by atoms with van der Waals surface area (Å²) in [5, 5.41) is -0.167. The summed E-state index contributed by atoms with van der Waals surface area (Å²) in [6, 6.07) is 0. The molecule has 0 bridgehead atoms. The van der Waals surface area contributed by atoms with E-state index in [-0.39, 0.29) is 22.5 Å². The van der Waals surface area contributed by atoms with E-state index in [1.165, 1.54) is 6.33 Å². The second-order valence-corrected chi connectivity index (χ2v) is 7.67. The van der Waals surface area contributed by atoms with Crippen molar-refractivity contribution in [3.63, 3.8) is 0 Å². The lowest BCUT2D eigenvalue weighted by molar-refractivity contribution is -0.0266. The van der Waals surface area contributed by atoms with Gasteiger partial charge in [-0.05, 0) is 27.2 Å². The summed E-state index contributed by atoms with van der Waals surface area (Å²) in [5.41, 5.74) is -0.511. The van der Waals surface area contributed by atoms with Gasteiger partial charge in [0.2, 0.25) is 5.82 Å². The van der Waals surface area contributed by atoms with Gasteiger partial charge in [-0.15, -0.1) is 0 Å². The minimum absolute atomic E-state index is 0.0131. The Balaban J connectivity index is 1.61. The molecule has 6 nitrogen and oxygen atoms in total. The molecule has 3 heterocycles. The Morgan fingerprint density at radius 2 is 2.04 bits per heavy atom. The first-order valence-electron chi connectivity index (χ1n) is 7.58. The van der Waals surface area contributed by atoms with Gasteiger partial charge in [0.15, 0.2) is 11.0 Å². The molecule has 2 fully saturated rings. The molecule has 0 radical (unpaired) electrons. The van der Waals surface area contributed by atoms with Crippen molar-refractivity contribution in [2.24, 2.45) is 5.41 Å². The molecule has 2 saturated heterocycles. The maximum Gasteiger partial charge on any atom is 0.410 e. The topological polar surface area (TPSA) is 58.6 Å². The van der Waals surface area contributed by atoms with Crippen LogP contribution in [0.4, 0.5) is 15.0 Å². The molecule has 1 spiro atoms. The van der Waals surface area contributed by atoms with Crippen molar-refractivity contribution in [3.05, 3.63) is 17.3 Å². The second-order valence-electron chi connectivity index (χ2n) is 7.31. The van der Waals surface area contributed by atoms with Gasteiger partial charge in [-0.25, -0.2) is 14.8 Å². The highest BCUT2D eigenvalue weighted by Crippen LogP contribution is 2.41. The number of carbonyl (C=O) groups is 1. The third kappa shape index (κ3) is 3.20.